The van der Waals surface area contributed by atoms with Crippen molar-refractivity contribution in [1.82, 2.24) is 19.7 Å². The first-order valence-electron chi connectivity index (χ1n) is 11.0. The number of amides is 1. The highest BCUT2D eigenvalue weighted by molar-refractivity contribution is 5.91. The second kappa shape index (κ2) is 10.2. The van der Waals surface area contributed by atoms with Gasteiger partial charge in [-0.2, -0.15) is 23.0 Å². The molecule has 1 amide bonds. The predicted octanol–water partition coefficient (Wildman–Crippen LogP) is 3.84. The largest absolute Gasteiger partial charge is 0.416 e. The van der Waals surface area contributed by atoms with Gasteiger partial charge in [0.15, 0.2) is 0 Å². The van der Waals surface area contributed by atoms with Gasteiger partial charge in [0.25, 0.3) is 11.5 Å². The van der Waals surface area contributed by atoms with Gasteiger partial charge in [0.05, 0.1) is 17.8 Å². The highest BCUT2D eigenvalue weighted by Crippen LogP contribution is 2.29. The molecule has 11 heteroatoms. The van der Waals surface area contributed by atoms with E-state index >= 15 is 0 Å². The van der Waals surface area contributed by atoms with Crippen LogP contribution in [0.3, 0.4) is 0 Å². The van der Waals surface area contributed by atoms with Crippen LogP contribution in [0.25, 0.3) is 5.69 Å². The molecule has 3 aromatic carbocycles. The van der Waals surface area contributed by atoms with Crippen molar-refractivity contribution in [3.8, 4) is 5.69 Å². The van der Waals surface area contributed by atoms with Crippen LogP contribution in [0.4, 0.5) is 17.6 Å². The minimum atomic E-state index is -4.59. The summed E-state index contributed by atoms with van der Waals surface area (Å²) in [6.07, 6.45) is -4.59. The number of rotatable bonds is 6. The summed E-state index contributed by atoms with van der Waals surface area (Å²) in [6, 6.07) is 15.9. The molecule has 0 aliphatic rings. The van der Waals surface area contributed by atoms with Gasteiger partial charge in [-0.25, -0.2) is 9.18 Å². The minimum Gasteiger partial charge on any atom is -0.346 e. The van der Waals surface area contributed by atoms with Crippen molar-refractivity contribution < 1.29 is 22.4 Å². The lowest BCUT2D eigenvalue weighted by Crippen LogP contribution is -2.46. The summed E-state index contributed by atoms with van der Waals surface area (Å²) < 4.78 is 53.7. The summed E-state index contributed by atoms with van der Waals surface area (Å²) in [5.41, 5.74) is -1.44. The lowest BCUT2D eigenvalue weighted by atomic mass is 10.1. The molecular weight excluding hydrogens is 492 g/mol. The summed E-state index contributed by atoms with van der Waals surface area (Å²) in [5.74, 6) is -1.37. The topological polar surface area (TPSA) is 86.0 Å². The van der Waals surface area contributed by atoms with E-state index in [4.69, 9.17) is 0 Å². The molecule has 4 aromatic rings. The van der Waals surface area contributed by atoms with Gasteiger partial charge in [0.2, 0.25) is 5.69 Å². The molecule has 7 nitrogen and oxygen atoms in total. The first-order chi connectivity index (χ1) is 17.5. The fraction of sp³-hybridized carbons (Fsp3) is 0.154. The molecule has 0 fully saturated rings. The summed E-state index contributed by atoms with van der Waals surface area (Å²) >= 11 is 0. The number of halogens is 4. The van der Waals surface area contributed by atoms with Gasteiger partial charge in [-0.1, -0.05) is 42.0 Å². The maximum atomic E-state index is 13.2. The monoisotopic (exact) mass is 512 g/mol. The van der Waals surface area contributed by atoms with Crippen LogP contribution in [0.15, 0.2) is 82.4 Å². The van der Waals surface area contributed by atoms with Crippen molar-refractivity contribution in [2.45, 2.75) is 26.2 Å². The lowest BCUT2D eigenvalue weighted by Gasteiger charge is -2.13. The van der Waals surface area contributed by atoms with Gasteiger partial charge >= 0.3 is 11.9 Å². The predicted molar refractivity (Wildman–Crippen MR) is 127 cm³/mol. The van der Waals surface area contributed by atoms with Gasteiger partial charge in [-0.3, -0.25) is 14.2 Å². The Bertz CT molecular complexity index is 1540. The fourth-order valence-electron chi connectivity index (χ4n) is 3.50. The number of hydrogen-bond donors (Lipinski definition) is 1. The number of carbonyl (C=O) groups excluding carboxylic acids is 1. The maximum Gasteiger partial charge on any atom is 0.416 e. The van der Waals surface area contributed by atoms with Crippen molar-refractivity contribution in [1.29, 1.82) is 0 Å². The minimum absolute atomic E-state index is 0.0579. The molecule has 0 bridgehead atoms. The first-order valence-corrected chi connectivity index (χ1v) is 11.0. The molecule has 0 unspecified atom stereocenters. The Morgan fingerprint density at radius 1 is 0.892 bits per heavy atom. The van der Waals surface area contributed by atoms with E-state index in [2.05, 4.69) is 10.4 Å². The molecule has 0 atom stereocenters. The molecule has 190 valence electrons. The summed E-state index contributed by atoms with van der Waals surface area (Å²) in [4.78, 5) is 39.3. The second-order valence-corrected chi connectivity index (χ2v) is 8.27. The molecule has 0 aliphatic carbocycles. The third kappa shape index (κ3) is 5.83. The molecule has 0 saturated carbocycles. The average molecular weight is 512 g/mol. The number of hydrogen-bond acceptors (Lipinski definition) is 4. The van der Waals surface area contributed by atoms with Gasteiger partial charge in [0, 0.05) is 6.54 Å². The number of aromatic nitrogens is 3. The summed E-state index contributed by atoms with van der Waals surface area (Å²) in [6.45, 7) is 1.61. The smallest absolute Gasteiger partial charge is 0.346 e. The van der Waals surface area contributed by atoms with E-state index in [1.807, 2.05) is 6.92 Å². The molecular formula is C26H20F4N4O3. The average Bonchev–Trinajstić information content (AvgIpc) is 2.87. The number of carbonyl (C=O) groups is 1. The molecule has 0 radical (unpaired) electrons. The van der Waals surface area contributed by atoms with Gasteiger partial charge in [-0.15, -0.1) is 0 Å². The molecule has 1 heterocycles. The van der Waals surface area contributed by atoms with Crippen LogP contribution in [-0.2, 0) is 19.3 Å². The number of nitrogens with one attached hydrogen (secondary N) is 1. The molecule has 0 aliphatic heterocycles. The first kappa shape index (κ1) is 25.5. The third-order valence-electron chi connectivity index (χ3n) is 5.54. The van der Waals surface area contributed by atoms with Crippen molar-refractivity contribution in [3.63, 3.8) is 0 Å². The van der Waals surface area contributed by atoms with Crippen LogP contribution < -0.4 is 16.6 Å². The zero-order valence-corrected chi connectivity index (χ0v) is 19.4. The standard InChI is InChI=1S/C26H20F4N4O3/c1-16-2-4-18(5-3-16)15-33-24(36)22(23(35)31-14-17-6-10-20(27)11-7-17)32-34(25(33)37)21-12-8-19(9-13-21)26(28,29)30/h2-13H,14-15H2,1H3,(H,31,35). The molecule has 0 spiro atoms. The van der Waals surface area contributed by atoms with Crippen molar-refractivity contribution >= 4 is 5.91 Å². The van der Waals surface area contributed by atoms with Gasteiger partial charge in [-0.05, 0) is 54.4 Å². The Hall–Kier alpha value is -4.54. The fourth-order valence-corrected chi connectivity index (χ4v) is 3.50. The maximum absolute atomic E-state index is 13.2. The van der Waals surface area contributed by atoms with Crippen LogP contribution in [0.5, 0.6) is 0 Å². The quantitative estimate of drug-likeness (QED) is 0.398. The highest BCUT2D eigenvalue weighted by Gasteiger charge is 2.30. The van der Waals surface area contributed by atoms with Crippen LogP contribution in [0.2, 0.25) is 0 Å². The molecule has 0 saturated heterocycles. The number of aryl methyl sites for hydroxylation is 1. The number of alkyl halides is 3. The van der Waals surface area contributed by atoms with Crippen LogP contribution >= 0.6 is 0 Å². The van der Waals surface area contributed by atoms with Crippen LogP contribution in [0.1, 0.15) is 32.7 Å². The number of benzene rings is 3. The van der Waals surface area contributed by atoms with Crippen molar-refractivity contribution in [3.05, 3.63) is 127 Å². The molecule has 37 heavy (non-hydrogen) atoms. The lowest BCUT2D eigenvalue weighted by molar-refractivity contribution is -0.137. The molecule has 1 aromatic heterocycles. The van der Waals surface area contributed by atoms with E-state index in [9.17, 15) is 31.9 Å². The molecule has 4 rings (SSSR count). The van der Waals surface area contributed by atoms with Crippen LogP contribution in [0, 0.1) is 12.7 Å². The van der Waals surface area contributed by atoms with Gasteiger partial charge in [0.1, 0.15) is 5.82 Å². The van der Waals surface area contributed by atoms with E-state index in [1.165, 1.54) is 24.3 Å². The van der Waals surface area contributed by atoms with E-state index in [-0.39, 0.29) is 18.8 Å². The summed E-state index contributed by atoms with van der Waals surface area (Å²) in [7, 11) is 0. The number of nitrogens with zero attached hydrogens (tertiary/aromatic N) is 3. The van der Waals surface area contributed by atoms with Crippen molar-refractivity contribution in [2.75, 3.05) is 0 Å². The molecule has 1 N–H and O–H groups in total. The van der Waals surface area contributed by atoms with Crippen molar-refractivity contribution in [2.24, 2.45) is 0 Å². The summed E-state index contributed by atoms with van der Waals surface area (Å²) in [5, 5.41) is 6.39. The van der Waals surface area contributed by atoms with E-state index in [1.54, 1.807) is 24.3 Å². The van der Waals surface area contributed by atoms with E-state index in [0.717, 1.165) is 34.4 Å². The Balaban J connectivity index is 1.76. The Labute approximate surface area is 207 Å². The van der Waals surface area contributed by atoms with Crippen LogP contribution in [-0.4, -0.2) is 20.3 Å². The van der Waals surface area contributed by atoms with Gasteiger partial charge < -0.3 is 5.32 Å². The highest BCUT2D eigenvalue weighted by atomic mass is 19.4. The second-order valence-electron chi connectivity index (χ2n) is 8.27. The Morgan fingerprint density at radius 3 is 2.08 bits per heavy atom. The SMILES string of the molecule is Cc1ccc(Cn2c(=O)c(C(=O)NCc3ccc(F)cc3)nn(-c3ccc(C(F)(F)F)cc3)c2=O)cc1. The zero-order valence-electron chi connectivity index (χ0n) is 19.4. The zero-order chi connectivity index (χ0) is 26.7. The van der Waals surface area contributed by atoms with E-state index < -0.39 is 40.4 Å². The Kier molecular flexibility index (Phi) is 7.05. The Morgan fingerprint density at radius 2 is 1.49 bits per heavy atom. The normalized spacial score (nSPS) is 11.4. The van der Waals surface area contributed by atoms with E-state index in [0.29, 0.717) is 15.8 Å². The third-order valence-corrected chi connectivity index (χ3v) is 5.54.